The molecule has 0 bridgehead atoms. The second-order valence-electron chi connectivity index (χ2n) is 3.12. The lowest BCUT2D eigenvalue weighted by atomic mass is 10.0. The number of benzene rings is 2. The van der Waals surface area contributed by atoms with Gasteiger partial charge in [0.1, 0.15) is 0 Å². The van der Waals surface area contributed by atoms with Crippen molar-refractivity contribution in [3.63, 3.8) is 0 Å². The minimum atomic E-state index is -1.85. The maximum absolute atomic E-state index is 13.3. The zero-order valence-electron chi connectivity index (χ0n) is 7.90. The Kier molecular flexibility index (Phi) is 2.64. The van der Waals surface area contributed by atoms with Crippen LogP contribution in [0, 0.1) is 29.3 Å². The molecule has 0 aliphatic carbocycles. The fourth-order valence-electron chi connectivity index (χ4n) is 1.33. The van der Waals surface area contributed by atoms with Crippen molar-refractivity contribution in [1.29, 1.82) is 0 Å². The minimum Gasteiger partial charge on any atom is -0.203 e. The molecule has 0 amide bonds. The summed E-state index contributed by atoms with van der Waals surface area (Å²) in [6.07, 6.45) is 0. The summed E-state index contributed by atoms with van der Waals surface area (Å²) < 4.78 is 51.8. The van der Waals surface area contributed by atoms with Crippen molar-refractivity contribution in [2.24, 2.45) is 0 Å². The molecule has 0 N–H and O–H groups in total. The predicted molar refractivity (Wildman–Crippen MR) is 50.5 cm³/mol. The molecule has 2 rings (SSSR count). The highest BCUT2D eigenvalue weighted by Crippen LogP contribution is 2.26. The molecule has 0 aliphatic heterocycles. The Hall–Kier alpha value is -1.84. The van der Waals surface area contributed by atoms with E-state index in [4.69, 9.17) is 0 Å². The van der Waals surface area contributed by atoms with Gasteiger partial charge in [-0.1, -0.05) is 30.3 Å². The third kappa shape index (κ3) is 1.66. The summed E-state index contributed by atoms with van der Waals surface area (Å²) in [6.45, 7) is 0. The van der Waals surface area contributed by atoms with Gasteiger partial charge in [-0.25, -0.2) is 17.6 Å². The van der Waals surface area contributed by atoms with E-state index in [2.05, 4.69) is 0 Å². The Morgan fingerprint density at radius 3 is 2.00 bits per heavy atom. The molecule has 0 saturated carbocycles. The van der Waals surface area contributed by atoms with Crippen LogP contribution in [-0.4, -0.2) is 0 Å². The lowest BCUT2D eigenvalue weighted by molar-refractivity contribution is 0.410. The molecule has 0 aromatic heterocycles. The lowest BCUT2D eigenvalue weighted by Gasteiger charge is -2.05. The van der Waals surface area contributed by atoms with Crippen LogP contribution in [0.5, 0.6) is 0 Å². The van der Waals surface area contributed by atoms with Crippen LogP contribution in [0.3, 0.4) is 0 Å². The van der Waals surface area contributed by atoms with Crippen molar-refractivity contribution in [2.75, 3.05) is 0 Å². The predicted octanol–water partition coefficient (Wildman–Crippen LogP) is 3.71. The maximum atomic E-state index is 13.3. The summed E-state index contributed by atoms with van der Waals surface area (Å²) >= 11 is 0. The van der Waals surface area contributed by atoms with E-state index in [0.717, 1.165) is 0 Å². The molecular weight excluding hydrogens is 220 g/mol. The highest BCUT2D eigenvalue weighted by Gasteiger charge is 2.19. The largest absolute Gasteiger partial charge is 0.203 e. The molecule has 0 atom stereocenters. The number of hydrogen-bond acceptors (Lipinski definition) is 0. The Balaban J connectivity index is 2.68. The molecule has 0 nitrogen and oxygen atoms in total. The standard InChI is InChI=1S/C12H5F4/c13-9-6-8(7-4-2-1-3-5-7)10(14)12(16)11(9)15/h1-5H. The topological polar surface area (TPSA) is 0 Å². The normalized spacial score (nSPS) is 10.5. The molecule has 0 unspecified atom stereocenters. The molecule has 0 fully saturated rings. The van der Waals surface area contributed by atoms with Crippen molar-refractivity contribution in [3.05, 3.63) is 59.7 Å². The number of halogens is 4. The Labute approximate surface area is 89.2 Å². The van der Waals surface area contributed by atoms with Gasteiger partial charge in [-0.3, -0.25) is 0 Å². The smallest absolute Gasteiger partial charge is 0.198 e. The first kappa shape index (κ1) is 10.7. The SMILES string of the molecule is Fc1[c]c(-c2ccccc2)c(F)c(F)c1F. The number of rotatable bonds is 1. The molecule has 4 heteroatoms. The third-order valence-corrected chi connectivity index (χ3v) is 2.09. The average Bonchev–Trinajstić information content (AvgIpc) is 2.32. The van der Waals surface area contributed by atoms with Gasteiger partial charge in [0.2, 0.25) is 0 Å². The highest BCUT2D eigenvalue weighted by atomic mass is 19.2. The van der Waals surface area contributed by atoms with Gasteiger partial charge in [-0.2, -0.15) is 0 Å². The fraction of sp³-hybridized carbons (Fsp3) is 0. The zero-order valence-corrected chi connectivity index (χ0v) is 7.90. The van der Waals surface area contributed by atoms with Gasteiger partial charge >= 0.3 is 0 Å². The lowest BCUT2D eigenvalue weighted by Crippen LogP contribution is -1.98. The maximum Gasteiger partial charge on any atom is 0.198 e. The first-order chi connectivity index (χ1) is 7.61. The van der Waals surface area contributed by atoms with Crippen molar-refractivity contribution in [3.8, 4) is 11.1 Å². The van der Waals surface area contributed by atoms with E-state index in [1.807, 2.05) is 6.07 Å². The van der Waals surface area contributed by atoms with Crippen LogP contribution in [-0.2, 0) is 0 Å². The number of hydrogen-bond donors (Lipinski definition) is 0. The molecule has 2 aromatic rings. The summed E-state index contributed by atoms with van der Waals surface area (Å²) in [7, 11) is 0. The van der Waals surface area contributed by atoms with Crippen LogP contribution >= 0.6 is 0 Å². The Morgan fingerprint density at radius 2 is 1.38 bits per heavy atom. The molecule has 16 heavy (non-hydrogen) atoms. The average molecular weight is 225 g/mol. The second kappa shape index (κ2) is 3.96. The van der Waals surface area contributed by atoms with E-state index in [1.165, 1.54) is 12.1 Å². The van der Waals surface area contributed by atoms with E-state index in [1.54, 1.807) is 18.2 Å². The van der Waals surface area contributed by atoms with Gasteiger partial charge in [0.15, 0.2) is 23.3 Å². The summed E-state index contributed by atoms with van der Waals surface area (Å²) in [6, 6.07) is 9.55. The van der Waals surface area contributed by atoms with Crippen molar-refractivity contribution < 1.29 is 17.6 Å². The van der Waals surface area contributed by atoms with E-state index < -0.39 is 28.8 Å². The van der Waals surface area contributed by atoms with Crippen LogP contribution in [0.15, 0.2) is 30.3 Å². The summed E-state index contributed by atoms with van der Waals surface area (Å²) in [5, 5.41) is 0. The molecule has 81 valence electrons. The first-order valence-electron chi connectivity index (χ1n) is 4.42. The molecule has 0 spiro atoms. The third-order valence-electron chi connectivity index (χ3n) is 2.09. The van der Waals surface area contributed by atoms with E-state index in [-0.39, 0.29) is 5.56 Å². The molecular formula is C12H5F4. The molecule has 0 heterocycles. The van der Waals surface area contributed by atoms with Crippen LogP contribution in [0.2, 0.25) is 0 Å². The summed E-state index contributed by atoms with van der Waals surface area (Å²) in [5.74, 6) is -6.64. The zero-order chi connectivity index (χ0) is 11.7. The Morgan fingerprint density at radius 1 is 0.750 bits per heavy atom. The van der Waals surface area contributed by atoms with Gasteiger partial charge in [-0.05, 0) is 5.56 Å². The van der Waals surface area contributed by atoms with Gasteiger partial charge in [0, 0.05) is 11.6 Å². The second-order valence-corrected chi connectivity index (χ2v) is 3.12. The quantitative estimate of drug-likeness (QED) is 0.394. The van der Waals surface area contributed by atoms with Crippen LogP contribution in [0.4, 0.5) is 17.6 Å². The summed E-state index contributed by atoms with van der Waals surface area (Å²) in [4.78, 5) is 0. The van der Waals surface area contributed by atoms with Gasteiger partial charge in [-0.15, -0.1) is 0 Å². The van der Waals surface area contributed by atoms with Crippen LogP contribution in [0.1, 0.15) is 0 Å². The van der Waals surface area contributed by atoms with Crippen molar-refractivity contribution >= 4 is 0 Å². The van der Waals surface area contributed by atoms with Gasteiger partial charge in [0.25, 0.3) is 0 Å². The molecule has 0 aliphatic rings. The van der Waals surface area contributed by atoms with E-state index in [9.17, 15) is 17.6 Å². The minimum absolute atomic E-state index is 0.234. The van der Waals surface area contributed by atoms with Crippen LogP contribution < -0.4 is 0 Å². The van der Waals surface area contributed by atoms with Crippen LogP contribution in [0.25, 0.3) is 11.1 Å². The van der Waals surface area contributed by atoms with Crippen molar-refractivity contribution in [2.45, 2.75) is 0 Å². The monoisotopic (exact) mass is 225 g/mol. The molecule has 0 saturated heterocycles. The highest BCUT2D eigenvalue weighted by molar-refractivity contribution is 5.63. The first-order valence-corrected chi connectivity index (χ1v) is 4.42. The van der Waals surface area contributed by atoms with Gasteiger partial charge < -0.3 is 0 Å². The Bertz CT molecular complexity index is 520. The van der Waals surface area contributed by atoms with Gasteiger partial charge in [0.05, 0.1) is 0 Å². The summed E-state index contributed by atoms with van der Waals surface area (Å²) in [5.41, 5.74) is -0.185. The van der Waals surface area contributed by atoms with E-state index >= 15 is 0 Å². The fourth-order valence-corrected chi connectivity index (χ4v) is 1.33. The molecule has 2 aromatic carbocycles. The van der Waals surface area contributed by atoms with Crippen molar-refractivity contribution in [1.82, 2.24) is 0 Å². The van der Waals surface area contributed by atoms with E-state index in [0.29, 0.717) is 0 Å². The molecule has 1 radical (unpaired) electrons.